The number of benzene rings is 1. The molecule has 0 saturated carbocycles. The number of ether oxygens (including phenoxy) is 1. The quantitative estimate of drug-likeness (QED) is 0.921. The Morgan fingerprint density at radius 3 is 2.30 bits per heavy atom. The summed E-state index contributed by atoms with van der Waals surface area (Å²) in [6.07, 6.45) is 5.38. The highest BCUT2D eigenvalue weighted by atomic mass is 35.5. The third-order valence-corrected chi connectivity index (χ3v) is 5.36. The van der Waals surface area contributed by atoms with Crippen molar-refractivity contribution in [1.82, 2.24) is 10.2 Å². The molecule has 1 N–H and O–H groups in total. The Morgan fingerprint density at radius 1 is 1.13 bits per heavy atom. The number of likely N-dealkylation sites (tertiary alicyclic amines) is 1. The lowest BCUT2D eigenvalue weighted by molar-refractivity contribution is -0.133. The largest absolute Gasteiger partial charge is 0.497 e. The number of halogens is 1. The van der Waals surface area contributed by atoms with E-state index in [1.165, 1.54) is 25.7 Å². The Hall–Kier alpha value is -1.26. The van der Waals surface area contributed by atoms with Crippen molar-refractivity contribution in [1.29, 1.82) is 0 Å². The minimum Gasteiger partial charge on any atom is -0.497 e. The summed E-state index contributed by atoms with van der Waals surface area (Å²) in [5, 5.41) is 3.44. The Morgan fingerprint density at radius 2 is 1.74 bits per heavy atom. The third kappa shape index (κ3) is 4.39. The molecular formula is C18H27ClN2O2. The van der Waals surface area contributed by atoms with Crippen LogP contribution in [0.3, 0.4) is 0 Å². The van der Waals surface area contributed by atoms with Crippen LogP contribution in [-0.2, 0) is 11.2 Å². The average Bonchev–Trinajstić information content (AvgIpc) is 2.57. The molecule has 1 amide bonds. The molecular weight excluding hydrogens is 312 g/mol. The van der Waals surface area contributed by atoms with Crippen LogP contribution >= 0.6 is 12.4 Å². The van der Waals surface area contributed by atoms with Crippen molar-refractivity contribution in [3.05, 3.63) is 29.8 Å². The minimum atomic E-state index is 0. The van der Waals surface area contributed by atoms with E-state index in [0.29, 0.717) is 11.8 Å². The van der Waals surface area contributed by atoms with Crippen molar-refractivity contribution in [3.8, 4) is 5.75 Å². The fraction of sp³-hybridized carbons (Fsp3) is 0.611. The van der Waals surface area contributed by atoms with E-state index >= 15 is 0 Å². The molecule has 2 aliphatic heterocycles. The van der Waals surface area contributed by atoms with Crippen LogP contribution in [0.4, 0.5) is 0 Å². The second kappa shape index (κ2) is 8.02. The number of nitrogens with one attached hydrogen (secondary N) is 1. The summed E-state index contributed by atoms with van der Waals surface area (Å²) in [4.78, 5) is 14.5. The summed E-state index contributed by atoms with van der Waals surface area (Å²) in [6.45, 7) is 4.13. The summed E-state index contributed by atoms with van der Waals surface area (Å²) in [5.41, 5.74) is 1.57. The molecule has 0 unspecified atom stereocenters. The first-order chi connectivity index (χ1) is 10.7. The number of carbonyl (C=O) groups is 1. The van der Waals surface area contributed by atoms with Gasteiger partial charge in [-0.2, -0.15) is 0 Å². The molecule has 1 aromatic carbocycles. The summed E-state index contributed by atoms with van der Waals surface area (Å²) in [5.74, 6) is 1.09. The second-order valence-corrected chi connectivity index (χ2v) is 6.66. The first kappa shape index (κ1) is 18.1. The maximum Gasteiger partial charge on any atom is 0.226 e. The maximum absolute atomic E-state index is 12.5. The van der Waals surface area contributed by atoms with Gasteiger partial charge in [-0.15, -0.1) is 12.4 Å². The first-order valence-corrected chi connectivity index (χ1v) is 8.32. The van der Waals surface area contributed by atoms with Gasteiger partial charge in [0.2, 0.25) is 5.91 Å². The van der Waals surface area contributed by atoms with Gasteiger partial charge in [-0.25, -0.2) is 0 Å². The summed E-state index contributed by atoms with van der Waals surface area (Å²) < 4.78 is 5.15. The van der Waals surface area contributed by atoms with Crippen molar-refractivity contribution >= 4 is 18.3 Å². The molecule has 128 valence electrons. The van der Waals surface area contributed by atoms with Crippen LogP contribution in [-0.4, -0.2) is 44.1 Å². The van der Waals surface area contributed by atoms with Gasteiger partial charge in [0.05, 0.1) is 13.5 Å². The van der Waals surface area contributed by atoms with Crippen molar-refractivity contribution < 1.29 is 9.53 Å². The fourth-order valence-corrected chi connectivity index (χ4v) is 3.72. The molecule has 3 rings (SSSR count). The van der Waals surface area contributed by atoms with Crippen LogP contribution in [0.15, 0.2) is 24.3 Å². The van der Waals surface area contributed by atoms with Gasteiger partial charge in [-0.3, -0.25) is 4.79 Å². The minimum absolute atomic E-state index is 0. The van der Waals surface area contributed by atoms with Gasteiger partial charge < -0.3 is 15.0 Å². The number of piperidine rings is 2. The zero-order valence-corrected chi connectivity index (χ0v) is 14.7. The monoisotopic (exact) mass is 338 g/mol. The van der Waals surface area contributed by atoms with E-state index in [2.05, 4.69) is 10.2 Å². The van der Waals surface area contributed by atoms with Crippen LogP contribution in [0, 0.1) is 5.41 Å². The van der Waals surface area contributed by atoms with Gasteiger partial charge in [0.1, 0.15) is 5.75 Å². The first-order valence-electron chi connectivity index (χ1n) is 8.32. The van der Waals surface area contributed by atoms with Crippen LogP contribution in [0.2, 0.25) is 0 Å². The smallest absolute Gasteiger partial charge is 0.226 e. The van der Waals surface area contributed by atoms with Gasteiger partial charge in [0.25, 0.3) is 0 Å². The topological polar surface area (TPSA) is 41.6 Å². The van der Waals surface area contributed by atoms with E-state index in [-0.39, 0.29) is 18.3 Å². The predicted molar refractivity (Wildman–Crippen MR) is 94.3 cm³/mol. The number of amides is 1. The third-order valence-electron chi connectivity index (χ3n) is 5.36. The predicted octanol–water partition coefficient (Wildman–Crippen LogP) is 2.65. The highest BCUT2D eigenvalue weighted by Gasteiger charge is 2.36. The van der Waals surface area contributed by atoms with E-state index < -0.39 is 0 Å². The van der Waals surface area contributed by atoms with Crippen molar-refractivity contribution in [3.63, 3.8) is 0 Å². The molecule has 0 aliphatic carbocycles. The molecule has 2 fully saturated rings. The van der Waals surface area contributed by atoms with E-state index in [4.69, 9.17) is 4.74 Å². The highest BCUT2D eigenvalue weighted by Crippen LogP contribution is 2.39. The molecule has 2 saturated heterocycles. The number of hydrogen-bond acceptors (Lipinski definition) is 3. The van der Waals surface area contributed by atoms with Crippen LogP contribution in [0.1, 0.15) is 31.2 Å². The van der Waals surface area contributed by atoms with E-state index in [9.17, 15) is 4.79 Å². The van der Waals surface area contributed by atoms with Gasteiger partial charge in [0.15, 0.2) is 0 Å². The number of carbonyl (C=O) groups excluding carboxylic acids is 1. The molecule has 0 atom stereocenters. The van der Waals surface area contributed by atoms with E-state index in [1.54, 1.807) is 7.11 Å². The van der Waals surface area contributed by atoms with E-state index in [1.807, 2.05) is 24.3 Å². The number of hydrogen-bond donors (Lipinski definition) is 1. The Bertz CT molecular complexity index is 502. The lowest BCUT2D eigenvalue weighted by atomic mass is 9.71. The number of methoxy groups -OCH3 is 1. The second-order valence-electron chi connectivity index (χ2n) is 6.66. The zero-order chi connectivity index (χ0) is 15.4. The molecule has 4 nitrogen and oxygen atoms in total. The molecule has 2 aliphatic rings. The van der Waals surface area contributed by atoms with Crippen molar-refractivity contribution in [2.75, 3.05) is 33.3 Å². The molecule has 0 radical (unpaired) electrons. The lowest BCUT2D eigenvalue weighted by Gasteiger charge is -2.44. The molecule has 0 aromatic heterocycles. The van der Waals surface area contributed by atoms with Crippen LogP contribution < -0.4 is 10.1 Å². The van der Waals surface area contributed by atoms with Gasteiger partial charge in [-0.1, -0.05) is 12.1 Å². The van der Waals surface area contributed by atoms with E-state index in [0.717, 1.165) is 37.5 Å². The fourth-order valence-electron chi connectivity index (χ4n) is 3.72. The summed E-state index contributed by atoms with van der Waals surface area (Å²) in [6, 6.07) is 7.80. The number of nitrogens with zero attached hydrogens (tertiary/aromatic N) is 1. The zero-order valence-electron chi connectivity index (χ0n) is 13.8. The maximum atomic E-state index is 12.5. The standard InChI is InChI=1S/C18H26N2O2.ClH/c1-22-16-4-2-15(3-5-16)14-17(21)20-12-8-18(9-13-20)6-10-19-11-7-18;/h2-5,19H,6-14H2,1H3;1H. The summed E-state index contributed by atoms with van der Waals surface area (Å²) >= 11 is 0. The molecule has 1 spiro atoms. The van der Waals surface area contributed by atoms with Crippen LogP contribution in [0.25, 0.3) is 0 Å². The van der Waals surface area contributed by atoms with Gasteiger partial charge >= 0.3 is 0 Å². The van der Waals surface area contributed by atoms with Crippen molar-refractivity contribution in [2.45, 2.75) is 32.1 Å². The molecule has 2 heterocycles. The Labute approximate surface area is 145 Å². The normalized spacial score (nSPS) is 20.0. The Kier molecular flexibility index (Phi) is 6.31. The van der Waals surface area contributed by atoms with Gasteiger partial charge in [0, 0.05) is 13.1 Å². The molecule has 0 bridgehead atoms. The SMILES string of the molecule is COc1ccc(CC(=O)N2CCC3(CCNCC3)CC2)cc1.Cl. The van der Waals surface area contributed by atoms with Crippen LogP contribution in [0.5, 0.6) is 5.75 Å². The molecule has 23 heavy (non-hydrogen) atoms. The van der Waals surface area contributed by atoms with Crippen molar-refractivity contribution in [2.24, 2.45) is 5.41 Å². The number of rotatable bonds is 3. The lowest BCUT2D eigenvalue weighted by Crippen LogP contribution is -2.47. The van der Waals surface area contributed by atoms with Gasteiger partial charge in [-0.05, 0) is 61.9 Å². The highest BCUT2D eigenvalue weighted by molar-refractivity contribution is 5.85. The molecule has 1 aromatic rings. The molecule has 5 heteroatoms. The average molecular weight is 339 g/mol. The Balaban J connectivity index is 0.00000192. The summed E-state index contributed by atoms with van der Waals surface area (Å²) in [7, 11) is 1.66.